The van der Waals surface area contributed by atoms with Gasteiger partial charge in [-0.1, -0.05) is 29.3 Å². The van der Waals surface area contributed by atoms with Gasteiger partial charge in [-0.15, -0.1) is 11.3 Å². The molecule has 1 amide bonds. The molecule has 4 rings (SSSR count). The fourth-order valence-corrected chi connectivity index (χ4v) is 6.25. The number of halogens is 2. The van der Waals surface area contributed by atoms with Crippen LogP contribution in [-0.2, 0) is 24.8 Å². The molecule has 0 fully saturated rings. The van der Waals surface area contributed by atoms with Crippen molar-refractivity contribution in [1.29, 1.82) is 0 Å². The molecule has 168 valence electrons. The van der Waals surface area contributed by atoms with E-state index in [1.165, 1.54) is 36.4 Å². The number of hydrogen-bond acceptors (Lipinski definition) is 7. The smallest absolute Gasteiger partial charge is 0.271 e. The minimum atomic E-state index is -4.22. The first kappa shape index (κ1) is 22.7. The van der Waals surface area contributed by atoms with Crippen LogP contribution < -0.4 is 19.5 Å². The molecule has 1 aromatic heterocycles. The molecule has 0 saturated heterocycles. The first-order chi connectivity index (χ1) is 15.0. The van der Waals surface area contributed by atoms with Crippen LogP contribution in [0.5, 0.6) is 5.75 Å². The Morgan fingerprint density at radius 1 is 0.938 bits per heavy atom. The Hall–Kier alpha value is -2.51. The third-order valence-electron chi connectivity index (χ3n) is 4.20. The summed E-state index contributed by atoms with van der Waals surface area (Å²) in [5, 5.41) is 4.14. The molecule has 0 atom stereocenters. The predicted molar refractivity (Wildman–Crippen MR) is 123 cm³/mol. The van der Waals surface area contributed by atoms with Gasteiger partial charge in [-0.2, -0.15) is 0 Å². The summed E-state index contributed by atoms with van der Waals surface area (Å²) in [5.74, 6) is -0.0998. The first-order valence-corrected chi connectivity index (χ1v) is 13.3. The molecule has 0 spiro atoms. The standard InChI is InChI=1S/C18H13Cl2N3O6S3/c19-11-7-13(14(8-12(11)20)23-32(27,28)18-2-1-5-30-18)22-31(25,26)10-3-4-16-15(6-10)21-17(24)9-29-16/h1-8,22-23H,9H2,(H,21,24). The van der Waals surface area contributed by atoms with E-state index < -0.39 is 26.0 Å². The summed E-state index contributed by atoms with van der Waals surface area (Å²) in [7, 11) is -8.21. The molecule has 1 aliphatic heterocycles. The second kappa shape index (κ2) is 8.45. The van der Waals surface area contributed by atoms with Gasteiger partial charge in [0, 0.05) is 0 Å². The molecule has 0 aliphatic carbocycles. The number of thiophene rings is 1. The fourth-order valence-electron chi connectivity index (χ4n) is 2.76. The Labute approximate surface area is 197 Å². The Kier molecular flexibility index (Phi) is 5.98. The summed E-state index contributed by atoms with van der Waals surface area (Å²) in [6.07, 6.45) is 0. The number of sulfonamides is 2. The van der Waals surface area contributed by atoms with Crippen LogP contribution in [0.3, 0.4) is 0 Å². The average Bonchev–Trinajstić information content (AvgIpc) is 3.27. The Morgan fingerprint density at radius 2 is 1.59 bits per heavy atom. The van der Waals surface area contributed by atoms with Crippen molar-refractivity contribution in [2.45, 2.75) is 9.10 Å². The summed E-state index contributed by atoms with van der Waals surface area (Å²) < 4.78 is 61.1. The van der Waals surface area contributed by atoms with Gasteiger partial charge in [-0.25, -0.2) is 16.8 Å². The van der Waals surface area contributed by atoms with E-state index in [-0.39, 0.29) is 42.8 Å². The number of hydrogen-bond donors (Lipinski definition) is 3. The molecule has 0 bridgehead atoms. The van der Waals surface area contributed by atoms with E-state index in [9.17, 15) is 21.6 Å². The average molecular weight is 534 g/mol. The molecule has 1 aliphatic rings. The number of benzene rings is 2. The van der Waals surface area contributed by atoms with E-state index in [0.717, 1.165) is 11.3 Å². The molecule has 32 heavy (non-hydrogen) atoms. The van der Waals surface area contributed by atoms with E-state index in [4.69, 9.17) is 27.9 Å². The van der Waals surface area contributed by atoms with Crippen molar-refractivity contribution < 1.29 is 26.4 Å². The Morgan fingerprint density at radius 3 is 2.22 bits per heavy atom. The Balaban J connectivity index is 1.70. The lowest BCUT2D eigenvalue weighted by Crippen LogP contribution is -2.25. The van der Waals surface area contributed by atoms with Gasteiger partial charge in [-0.05, 0) is 41.8 Å². The van der Waals surface area contributed by atoms with Gasteiger partial charge in [0.15, 0.2) is 6.61 Å². The van der Waals surface area contributed by atoms with Gasteiger partial charge in [0.2, 0.25) is 0 Å². The van der Waals surface area contributed by atoms with Crippen LogP contribution in [0.2, 0.25) is 10.0 Å². The topological polar surface area (TPSA) is 131 Å². The minimum Gasteiger partial charge on any atom is -0.482 e. The summed E-state index contributed by atoms with van der Waals surface area (Å²) >= 11 is 13.1. The van der Waals surface area contributed by atoms with E-state index in [2.05, 4.69) is 14.8 Å². The maximum absolute atomic E-state index is 13.0. The number of nitrogens with one attached hydrogen (secondary N) is 3. The number of amides is 1. The second-order valence-corrected chi connectivity index (χ2v) is 11.8. The molecule has 9 nitrogen and oxygen atoms in total. The number of ether oxygens (including phenoxy) is 1. The molecule has 0 saturated carbocycles. The van der Waals surface area contributed by atoms with Crippen molar-refractivity contribution >= 4 is 77.6 Å². The van der Waals surface area contributed by atoms with Gasteiger partial charge in [-0.3, -0.25) is 14.2 Å². The number of anilines is 3. The van der Waals surface area contributed by atoms with Crippen LogP contribution in [0.25, 0.3) is 0 Å². The maximum atomic E-state index is 13.0. The summed E-state index contributed by atoms with van der Waals surface area (Å²) in [5.41, 5.74) is -0.0691. The van der Waals surface area contributed by atoms with E-state index in [1.54, 1.807) is 11.4 Å². The van der Waals surface area contributed by atoms with Gasteiger partial charge >= 0.3 is 0 Å². The second-order valence-electron chi connectivity index (χ2n) is 6.45. The monoisotopic (exact) mass is 533 g/mol. The molecule has 0 radical (unpaired) electrons. The van der Waals surface area contributed by atoms with Crippen LogP contribution in [0, 0.1) is 0 Å². The maximum Gasteiger partial charge on any atom is 0.271 e. The normalized spacial score (nSPS) is 13.6. The summed E-state index contributed by atoms with van der Waals surface area (Å²) in [4.78, 5) is 11.3. The molecule has 3 N–H and O–H groups in total. The lowest BCUT2D eigenvalue weighted by molar-refractivity contribution is -0.118. The minimum absolute atomic E-state index is 0.00884. The third-order valence-corrected chi connectivity index (χ3v) is 9.05. The van der Waals surface area contributed by atoms with E-state index in [1.807, 2.05) is 0 Å². The molecular weight excluding hydrogens is 521 g/mol. The molecule has 14 heteroatoms. The van der Waals surface area contributed by atoms with Crippen molar-refractivity contribution in [2.75, 3.05) is 21.4 Å². The van der Waals surface area contributed by atoms with Gasteiger partial charge in [0.25, 0.3) is 26.0 Å². The molecule has 3 aromatic rings. The highest BCUT2D eigenvalue weighted by atomic mass is 35.5. The first-order valence-electron chi connectivity index (χ1n) is 8.70. The van der Waals surface area contributed by atoms with Crippen molar-refractivity contribution in [1.82, 2.24) is 0 Å². The molecule has 2 heterocycles. The lowest BCUT2D eigenvalue weighted by atomic mass is 10.2. The zero-order valence-electron chi connectivity index (χ0n) is 15.8. The van der Waals surface area contributed by atoms with Crippen LogP contribution in [0.4, 0.5) is 17.1 Å². The highest BCUT2D eigenvalue weighted by molar-refractivity contribution is 7.94. The van der Waals surface area contributed by atoms with Crippen LogP contribution in [-0.4, -0.2) is 29.3 Å². The summed E-state index contributed by atoms with van der Waals surface area (Å²) in [6, 6.07) is 9.27. The van der Waals surface area contributed by atoms with Crippen LogP contribution in [0.15, 0.2) is 56.9 Å². The van der Waals surface area contributed by atoms with Crippen molar-refractivity contribution in [3.8, 4) is 5.75 Å². The van der Waals surface area contributed by atoms with Crippen molar-refractivity contribution in [2.24, 2.45) is 0 Å². The van der Waals surface area contributed by atoms with Gasteiger partial charge < -0.3 is 10.1 Å². The van der Waals surface area contributed by atoms with Crippen molar-refractivity contribution in [3.05, 3.63) is 57.9 Å². The lowest BCUT2D eigenvalue weighted by Gasteiger charge is -2.19. The van der Waals surface area contributed by atoms with Crippen LogP contribution >= 0.6 is 34.5 Å². The van der Waals surface area contributed by atoms with E-state index in [0.29, 0.717) is 5.75 Å². The quantitative estimate of drug-likeness (QED) is 0.439. The van der Waals surface area contributed by atoms with Crippen LogP contribution in [0.1, 0.15) is 0 Å². The number of fused-ring (bicyclic) bond motifs is 1. The van der Waals surface area contributed by atoms with Gasteiger partial charge in [0.1, 0.15) is 9.96 Å². The highest BCUT2D eigenvalue weighted by Crippen LogP contribution is 2.36. The molecular formula is C18H13Cl2N3O6S3. The number of rotatable bonds is 6. The largest absolute Gasteiger partial charge is 0.482 e. The van der Waals surface area contributed by atoms with Gasteiger partial charge in [0.05, 0.1) is 32.0 Å². The fraction of sp³-hybridized carbons (Fsp3) is 0.0556. The zero-order valence-corrected chi connectivity index (χ0v) is 19.7. The highest BCUT2D eigenvalue weighted by Gasteiger charge is 2.24. The summed E-state index contributed by atoms with van der Waals surface area (Å²) in [6.45, 7) is -0.172. The molecule has 2 aromatic carbocycles. The third kappa shape index (κ3) is 4.64. The van der Waals surface area contributed by atoms with Crippen molar-refractivity contribution in [3.63, 3.8) is 0 Å². The number of carbonyl (C=O) groups excluding carboxylic acids is 1. The Bertz CT molecular complexity index is 1420. The van der Waals surface area contributed by atoms with E-state index >= 15 is 0 Å². The predicted octanol–water partition coefficient (Wildman–Crippen LogP) is 3.99. The molecule has 0 unspecified atom stereocenters. The number of carbonyl (C=O) groups is 1. The zero-order chi connectivity index (χ0) is 23.1. The SMILES string of the molecule is O=C1COc2ccc(S(=O)(=O)Nc3cc(Cl)c(Cl)cc3NS(=O)(=O)c3cccs3)cc2N1.